The van der Waals surface area contributed by atoms with Crippen LogP contribution in [0.15, 0.2) is 48.5 Å². The van der Waals surface area contributed by atoms with Crippen LogP contribution < -0.4 is 5.73 Å². The molecule has 22 heavy (non-hydrogen) atoms. The van der Waals surface area contributed by atoms with Crippen molar-refractivity contribution in [2.24, 2.45) is 5.73 Å². The zero-order valence-electron chi connectivity index (χ0n) is 11.7. The molecule has 0 bridgehead atoms. The highest BCUT2D eigenvalue weighted by Crippen LogP contribution is 2.44. The van der Waals surface area contributed by atoms with Crippen LogP contribution in [0.5, 0.6) is 0 Å². The highest BCUT2D eigenvalue weighted by Gasteiger charge is 2.30. The zero-order valence-corrected chi connectivity index (χ0v) is 12.4. The topological polar surface area (TPSA) is 69.4 Å². The molecule has 1 atom stereocenters. The van der Waals surface area contributed by atoms with Gasteiger partial charge < -0.3 is 10.5 Å². The largest absolute Gasteiger partial charge is 0.463 e. The Morgan fingerprint density at radius 3 is 2.05 bits per heavy atom. The third-order valence-electron chi connectivity index (χ3n) is 3.85. The number of hydrogen-bond donors (Lipinski definition) is 1. The van der Waals surface area contributed by atoms with Crippen molar-refractivity contribution in [1.29, 1.82) is 0 Å². The van der Waals surface area contributed by atoms with E-state index in [2.05, 4.69) is 0 Å². The first-order valence-electron chi connectivity index (χ1n) is 6.89. The summed E-state index contributed by atoms with van der Waals surface area (Å²) < 4.78 is 5.19. The van der Waals surface area contributed by atoms with Crippen molar-refractivity contribution in [3.05, 3.63) is 59.7 Å². The van der Waals surface area contributed by atoms with E-state index in [1.165, 1.54) is 0 Å². The van der Waals surface area contributed by atoms with E-state index in [1.807, 2.05) is 48.5 Å². The fraction of sp³-hybridized carbons (Fsp3) is 0.176. The first kappa shape index (κ1) is 14.8. The predicted octanol–water partition coefficient (Wildman–Crippen LogP) is 2.43. The van der Waals surface area contributed by atoms with Crippen molar-refractivity contribution in [2.75, 3.05) is 6.61 Å². The summed E-state index contributed by atoms with van der Waals surface area (Å²) >= 11 is 5.22. The van der Waals surface area contributed by atoms with Crippen molar-refractivity contribution < 1.29 is 14.3 Å². The van der Waals surface area contributed by atoms with Gasteiger partial charge in [-0.05, 0) is 33.9 Å². The highest BCUT2D eigenvalue weighted by atomic mass is 35.5. The average molecular weight is 316 g/mol. The summed E-state index contributed by atoms with van der Waals surface area (Å²) in [7, 11) is 0. The molecule has 2 aromatic carbocycles. The van der Waals surface area contributed by atoms with Gasteiger partial charge >= 0.3 is 5.97 Å². The molecular formula is C17H14ClNO3. The molecule has 2 N–H and O–H groups in total. The van der Waals surface area contributed by atoms with Gasteiger partial charge in [0.05, 0.1) is 0 Å². The summed E-state index contributed by atoms with van der Waals surface area (Å²) in [4.78, 5) is 22.6. The Labute approximate surface area is 132 Å². The summed E-state index contributed by atoms with van der Waals surface area (Å²) in [6.07, 6.45) is 0. The molecule has 0 heterocycles. The van der Waals surface area contributed by atoms with Crippen LogP contribution in [0.3, 0.4) is 0 Å². The minimum absolute atomic E-state index is 0.0611. The molecule has 1 aliphatic carbocycles. The Hall–Kier alpha value is -2.17. The van der Waals surface area contributed by atoms with Gasteiger partial charge in [0.1, 0.15) is 6.61 Å². The molecule has 0 radical (unpaired) electrons. The molecule has 112 valence electrons. The molecule has 0 aliphatic heterocycles. The molecule has 0 amide bonds. The van der Waals surface area contributed by atoms with Gasteiger partial charge in [0.25, 0.3) is 0 Å². The van der Waals surface area contributed by atoms with E-state index in [9.17, 15) is 9.59 Å². The number of benzene rings is 2. The average Bonchev–Trinajstić information content (AvgIpc) is 2.86. The maximum Gasteiger partial charge on any atom is 0.332 e. The summed E-state index contributed by atoms with van der Waals surface area (Å²) in [5, 5.41) is -0.919. The number of esters is 1. The Morgan fingerprint density at radius 2 is 1.55 bits per heavy atom. The van der Waals surface area contributed by atoms with Crippen LogP contribution >= 0.6 is 11.6 Å². The van der Waals surface area contributed by atoms with Crippen LogP contribution in [0.2, 0.25) is 0 Å². The molecule has 1 unspecified atom stereocenters. The molecule has 3 rings (SSSR count). The number of rotatable bonds is 4. The van der Waals surface area contributed by atoms with Crippen LogP contribution in [0.1, 0.15) is 17.0 Å². The van der Waals surface area contributed by atoms with E-state index < -0.39 is 17.3 Å². The summed E-state index contributed by atoms with van der Waals surface area (Å²) in [5.74, 6) is -0.865. The third kappa shape index (κ3) is 2.51. The molecule has 1 aliphatic rings. The first-order valence-corrected chi connectivity index (χ1v) is 7.27. The van der Waals surface area contributed by atoms with Gasteiger partial charge in [-0.15, -0.1) is 0 Å². The van der Waals surface area contributed by atoms with Gasteiger partial charge in [0, 0.05) is 5.92 Å². The quantitative estimate of drug-likeness (QED) is 0.534. The van der Waals surface area contributed by atoms with E-state index in [4.69, 9.17) is 22.1 Å². The number of carbonyl (C=O) groups excluding carboxylic acids is 2. The number of carbonyl (C=O) groups is 2. The number of halogens is 1. The molecule has 0 saturated heterocycles. The fourth-order valence-corrected chi connectivity index (χ4v) is 2.88. The lowest BCUT2D eigenvalue weighted by molar-refractivity contribution is -0.146. The van der Waals surface area contributed by atoms with Crippen LogP contribution in [0.4, 0.5) is 0 Å². The Kier molecular flexibility index (Phi) is 3.96. The minimum Gasteiger partial charge on any atom is -0.463 e. The summed E-state index contributed by atoms with van der Waals surface area (Å²) in [6.45, 7) is 0.130. The van der Waals surface area contributed by atoms with E-state index in [0.717, 1.165) is 22.3 Å². The molecule has 0 aromatic heterocycles. The number of hydrogen-bond acceptors (Lipinski definition) is 4. The van der Waals surface area contributed by atoms with Crippen molar-refractivity contribution in [3.8, 4) is 11.1 Å². The lowest BCUT2D eigenvalue weighted by atomic mass is 9.98. The predicted molar refractivity (Wildman–Crippen MR) is 83.5 cm³/mol. The SMILES string of the molecule is NC(C(=O)Cl)C(=O)OCC1c2ccccc2-c2ccccc21. The second-order valence-corrected chi connectivity index (χ2v) is 5.51. The smallest absolute Gasteiger partial charge is 0.332 e. The second kappa shape index (κ2) is 5.91. The minimum atomic E-state index is -1.44. The van der Waals surface area contributed by atoms with Gasteiger partial charge in [0.2, 0.25) is 5.24 Å². The van der Waals surface area contributed by atoms with Crippen molar-refractivity contribution in [1.82, 2.24) is 0 Å². The Bertz CT molecular complexity index is 699. The van der Waals surface area contributed by atoms with Gasteiger partial charge in [-0.2, -0.15) is 0 Å². The number of ether oxygens (including phenoxy) is 1. The summed E-state index contributed by atoms with van der Waals surface area (Å²) in [5.41, 5.74) is 9.85. The van der Waals surface area contributed by atoms with Gasteiger partial charge in [0.15, 0.2) is 6.04 Å². The van der Waals surface area contributed by atoms with Crippen molar-refractivity contribution in [2.45, 2.75) is 12.0 Å². The van der Waals surface area contributed by atoms with Crippen LogP contribution in [-0.4, -0.2) is 23.9 Å². The molecule has 0 spiro atoms. The maximum atomic E-state index is 11.7. The summed E-state index contributed by atoms with van der Waals surface area (Å²) in [6, 6.07) is 14.5. The monoisotopic (exact) mass is 315 g/mol. The first-order chi connectivity index (χ1) is 10.6. The van der Waals surface area contributed by atoms with Gasteiger partial charge in [-0.3, -0.25) is 4.79 Å². The van der Waals surface area contributed by atoms with Crippen LogP contribution in [-0.2, 0) is 14.3 Å². The standard InChI is InChI=1S/C17H14ClNO3/c18-16(20)15(19)17(21)22-9-14-12-7-3-1-5-10(12)11-6-2-4-8-13(11)14/h1-8,14-15H,9,19H2. The van der Waals surface area contributed by atoms with Crippen LogP contribution in [0.25, 0.3) is 11.1 Å². The van der Waals surface area contributed by atoms with Gasteiger partial charge in [-0.1, -0.05) is 48.5 Å². The molecule has 0 saturated carbocycles. The van der Waals surface area contributed by atoms with Gasteiger partial charge in [-0.25, -0.2) is 4.79 Å². The second-order valence-electron chi connectivity index (χ2n) is 5.14. The maximum absolute atomic E-state index is 11.7. The molecule has 5 heteroatoms. The lowest BCUT2D eigenvalue weighted by Gasteiger charge is -2.15. The number of fused-ring (bicyclic) bond motifs is 3. The van der Waals surface area contributed by atoms with E-state index in [1.54, 1.807) is 0 Å². The third-order valence-corrected chi connectivity index (χ3v) is 4.09. The fourth-order valence-electron chi connectivity index (χ4n) is 2.79. The van der Waals surface area contributed by atoms with E-state index >= 15 is 0 Å². The van der Waals surface area contributed by atoms with Crippen molar-refractivity contribution in [3.63, 3.8) is 0 Å². The van der Waals surface area contributed by atoms with E-state index in [0.29, 0.717) is 0 Å². The van der Waals surface area contributed by atoms with E-state index in [-0.39, 0.29) is 12.5 Å². The molecule has 4 nitrogen and oxygen atoms in total. The van der Waals surface area contributed by atoms with Crippen molar-refractivity contribution >= 4 is 22.8 Å². The molecule has 2 aromatic rings. The van der Waals surface area contributed by atoms with Crippen LogP contribution in [0, 0.1) is 0 Å². The Morgan fingerprint density at radius 1 is 1.05 bits per heavy atom. The Balaban J connectivity index is 1.85. The highest BCUT2D eigenvalue weighted by molar-refractivity contribution is 6.66. The number of nitrogens with two attached hydrogens (primary N) is 1. The lowest BCUT2D eigenvalue weighted by Crippen LogP contribution is -2.38. The normalized spacial score (nSPS) is 14.1. The molecular weight excluding hydrogens is 302 g/mol. The zero-order chi connectivity index (χ0) is 15.7. The molecule has 0 fully saturated rings.